The van der Waals surface area contributed by atoms with E-state index in [4.69, 9.17) is 5.26 Å². The Hall–Kier alpha value is -2.49. The van der Waals surface area contributed by atoms with Gasteiger partial charge in [-0.25, -0.2) is 0 Å². The molecule has 0 aliphatic rings. The number of hydrogen-bond donors (Lipinski definition) is 1. The third kappa shape index (κ3) is 3.16. The third-order valence-corrected chi connectivity index (χ3v) is 2.98. The highest BCUT2D eigenvalue weighted by Crippen LogP contribution is 2.32. The van der Waals surface area contributed by atoms with E-state index >= 15 is 0 Å². The molecule has 0 amide bonds. The van der Waals surface area contributed by atoms with Crippen molar-refractivity contribution in [3.63, 3.8) is 0 Å². The maximum Gasteiger partial charge on any atom is 0.416 e. The molecule has 4 nitrogen and oxygen atoms in total. The minimum Gasteiger partial charge on any atom is -0.352 e. The van der Waals surface area contributed by atoms with Gasteiger partial charge in [0.2, 0.25) is 0 Å². The average molecular weight is 294 g/mol. The molecule has 21 heavy (non-hydrogen) atoms. The number of halogens is 3. The molecule has 0 aliphatic carbocycles. The van der Waals surface area contributed by atoms with Crippen molar-refractivity contribution >= 4 is 11.4 Å². The molecule has 2 rings (SSSR count). The molecule has 7 heteroatoms. The van der Waals surface area contributed by atoms with Gasteiger partial charge in [-0.3, -0.25) is 4.68 Å². The van der Waals surface area contributed by atoms with Crippen LogP contribution in [0.15, 0.2) is 24.4 Å². The number of alkyl halides is 3. The first kappa shape index (κ1) is 14.9. The van der Waals surface area contributed by atoms with Crippen molar-refractivity contribution < 1.29 is 13.2 Å². The second-order valence-electron chi connectivity index (χ2n) is 4.51. The third-order valence-electron chi connectivity index (χ3n) is 2.98. The molecule has 0 saturated carbocycles. The van der Waals surface area contributed by atoms with Crippen LogP contribution in [0.3, 0.4) is 0 Å². The molecule has 0 saturated heterocycles. The zero-order valence-corrected chi connectivity index (χ0v) is 11.5. The van der Waals surface area contributed by atoms with Gasteiger partial charge in [0.05, 0.1) is 28.2 Å². The summed E-state index contributed by atoms with van der Waals surface area (Å²) in [5.74, 6) is 0. The number of nitrogens with zero attached hydrogens (tertiary/aromatic N) is 3. The average Bonchev–Trinajstić information content (AvgIpc) is 2.78. The van der Waals surface area contributed by atoms with Crippen molar-refractivity contribution in [2.45, 2.75) is 19.5 Å². The van der Waals surface area contributed by atoms with E-state index in [9.17, 15) is 13.2 Å². The Morgan fingerprint density at radius 3 is 2.62 bits per heavy atom. The highest BCUT2D eigenvalue weighted by Gasteiger charge is 2.31. The smallest absolute Gasteiger partial charge is 0.352 e. The Kier molecular flexibility index (Phi) is 3.89. The Bertz CT molecular complexity index is 695. The summed E-state index contributed by atoms with van der Waals surface area (Å²) in [7, 11) is 1.75. The van der Waals surface area contributed by atoms with Gasteiger partial charge < -0.3 is 5.32 Å². The van der Waals surface area contributed by atoms with Crippen molar-refractivity contribution in [1.29, 1.82) is 5.26 Å². The highest BCUT2D eigenvalue weighted by atomic mass is 19.4. The topological polar surface area (TPSA) is 53.6 Å². The Labute approximate surface area is 119 Å². The molecule has 0 fully saturated rings. The van der Waals surface area contributed by atoms with E-state index in [-0.39, 0.29) is 5.56 Å². The number of rotatable bonds is 3. The minimum absolute atomic E-state index is 0.0595. The van der Waals surface area contributed by atoms with E-state index in [0.717, 1.165) is 17.8 Å². The summed E-state index contributed by atoms with van der Waals surface area (Å²) in [6, 6.07) is 4.83. The summed E-state index contributed by atoms with van der Waals surface area (Å²) >= 11 is 0. The van der Waals surface area contributed by atoms with Gasteiger partial charge in [0.15, 0.2) is 0 Å². The first-order valence-corrected chi connectivity index (χ1v) is 6.26. The molecule has 110 valence electrons. The molecule has 0 radical (unpaired) electrons. The maximum absolute atomic E-state index is 12.6. The summed E-state index contributed by atoms with van der Waals surface area (Å²) in [6.07, 6.45) is -2.07. The van der Waals surface area contributed by atoms with Crippen molar-refractivity contribution in [2.75, 3.05) is 5.32 Å². The summed E-state index contributed by atoms with van der Waals surface area (Å²) in [5, 5.41) is 16.2. The zero-order chi connectivity index (χ0) is 15.6. The number of aryl methyl sites for hydroxylation is 2. The molecule has 1 N–H and O–H groups in total. The van der Waals surface area contributed by atoms with Crippen LogP contribution in [0.2, 0.25) is 0 Å². The Balaban J connectivity index is 2.39. The van der Waals surface area contributed by atoms with Crippen molar-refractivity contribution in [3.8, 4) is 6.07 Å². The summed E-state index contributed by atoms with van der Waals surface area (Å²) in [5.41, 5.74) is 0.882. The lowest BCUT2D eigenvalue weighted by Gasteiger charge is -2.11. The molecule has 2 aromatic rings. The molecule has 0 spiro atoms. The highest BCUT2D eigenvalue weighted by molar-refractivity contribution is 5.68. The van der Waals surface area contributed by atoms with Crippen LogP contribution in [0.1, 0.15) is 23.7 Å². The number of benzene rings is 1. The predicted molar refractivity (Wildman–Crippen MR) is 72.0 cm³/mol. The predicted octanol–water partition coefficient (Wildman–Crippen LogP) is 3.62. The summed E-state index contributed by atoms with van der Waals surface area (Å²) in [6.45, 7) is 1.92. The number of nitriles is 1. The molecule has 1 heterocycles. The second-order valence-corrected chi connectivity index (χ2v) is 4.51. The maximum atomic E-state index is 12.6. The van der Waals surface area contributed by atoms with Gasteiger partial charge in [-0.05, 0) is 24.6 Å². The minimum atomic E-state index is -4.47. The van der Waals surface area contributed by atoms with Crippen LogP contribution in [0, 0.1) is 11.3 Å². The lowest BCUT2D eigenvalue weighted by Crippen LogP contribution is -2.06. The summed E-state index contributed by atoms with van der Waals surface area (Å²) < 4.78 is 39.5. The van der Waals surface area contributed by atoms with Gasteiger partial charge in [-0.1, -0.05) is 6.92 Å². The zero-order valence-electron chi connectivity index (χ0n) is 11.5. The van der Waals surface area contributed by atoms with E-state index in [2.05, 4.69) is 10.4 Å². The molecule has 0 aliphatic heterocycles. The Morgan fingerprint density at radius 2 is 2.05 bits per heavy atom. The normalized spacial score (nSPS) is 11.2. The SMILES string of the molecule is CCc1nn(C)cc1Nc1ccc(C(F)(F)F)cc1C#N. The number of nitrogens with one attached hydrogen (secondary N) is 1. The van der Waals surface area contributed by atoms with Crippen LogP contribution < -0.4 is 5.32 Å². The van der Waals surface area contributed by atoms with E-state index in [0.29, 0.717) is 17.8 Å². The van der Waals surface area contributed by atoms with Crippen LogP contribution in [0.4, 0.5) is 24.5 Å². The molecular weight excluding hydrogens is 281 g/mol. The molecule has 0 bridgehead atoms. The van der Waals surface area contributed by atoms with Gasteiger partial charge in [0.25, 0.3) is 0 Å². The van der Waals surface area contributed by atoms with Gasteiger partial charge in [0.1, 0.15) is 6.07 Å². The molecule has 1 aromatic carbocycles. The van der Waals surface area contributed by atoms with E-state index in [1.165, 1.54) is 6.07 Å². The molecular formula is C14H13F3N4. The summed E-state index contributed by atoms with van der Waals surface area (Å²) in [4.78, 5) is 0. The van der Waals surface area contributed by atoms with Crippen molar-refractivity contribution in [1.82, 2.24) is 9.78 Å². The number of anilines is 2. The molecule has 0 unspecified atom stereocenters. The number of hydrogen-bond acceptors (Lipinski definition) is 3. The van der Waals surface area contributed by atoms with Gasteiger partial charge in [-0.15, -0.1) is 0 Å². The quantitative estimate of drug-likeness (QED) is 0.940. The molecule has 1 aromatic heterocycles. The monoisotopic (exact) mass is 294 g/mol. The fraction of sp³-hybridized carbons (Fsp3) is 0.286. The van der Waals surface area contributed by atoms with E-state index in [1.807, 2.05) is 6.92 Å². The Morgan fingerprint density at radius 1 is 1.33 bits per heavy atom. The number of aromatic nitrogens is 2. The van der Waals surface area contributed by atoms with Crippen molar-refractivity contribution in [3.05, 3.63) is 41.2 Å². The standard InChI is InChI=1S/C14H13F3N4/c1-3-11-13(8-21(2)20-11)19-12-5-4-10(14(15,16)17)6-9(12)7-18/h4-6,8,19H,3H2,1-2H3. The van der Waals surface area contributed by atoms with Gasteiger partial charge in [-0.2, -0.15) is 23.5 Å². The van der Waals surface area contributed by atoms with Crippen molar-refractivity contribution in [2.24, 2.45) is 7.05 Å². The second kappa shape index (κ2) is 5.48. The van der Waals surface area contributed by atoms with Crippen LogP contribution in [0.25, 0.3) is 0 Å². The lowest BCUT2D eigenvalue weighted by molar-refractivity contribution is -0.137. The van der Waals surface area contributed by atoms with Gasteiger partial charge >= 0.3 is 6.18 Å². The first-order valence-electron chi connectivity index (χ1n) is 6.26. The van der Waals surface area contributed by atoms with E-state index in [1.54, 1.807) is 24.0 Å². The lowest BCUT2D eigenvalue weighted by atomic mass is 10.1. The fourth-order valence-corrected chi connectivity index (χ4v) is 1.97. The largest absolute Gasteiger partial charge is 0.416 e. The van der Waals surface area contributed by atoms with E-state index < -0.39 is 11.7 Å². The van der Waals surface area contributed by atoms with Crippen LogP contribution in [-0.2, 0) is 19.6 Å². The fourth-order valence-electron chi connectivity index (χ4n) is 1.97. The van der Waals surface area contributed by atoms with Crippen LogP contribution >= 0.6 is 0 Å². The van der Waals surface area contributed by atoms with Crippen LogP contribution in [0.5, 0.6) is 0 Å². The van der Waals surface area contributed by atoms with Crippen LogP contribution in [-0.4, -0.2) is 9.78 Å². The molecule has 0 atom stereocenters. The first-order chi connectivity index (χ1) is 9.85. The van der Waals surface area contributed by atoms with Gasteiger partial charge in [0, 0.05) is 13.2 Å².